The Labute approximate surface area is 119 Å². The number of nitrogens with two attached hydrogens (primary N) is 1. The lowest BCUT2D eigenvalue weighted by atomic mass is 10.1. The van der Waals surface area contributed by atoms with Crippen LogP contribution in [-0.4, -0.2) is 15.0 Å². The summed E-state index contributed by atoms with van der Waals surface area (Å²) in [5.74, 6) is 0.904. The van der Waals surface area contributed by atoms with Crippen LogP contribution in [-0.2, 0) is 19.7 Å². The number of benzene rings is 1. The van der Waals surface area contributed by atoms with E-state index in [1.165, 1.54) is 0 Å². The van der Waals surface area contributed by atoms with Crippen molar-refractivity contribution in [2.45, 2.75) is 33.5 Å². The Morgan fingerprint density at radius 3 is 2.65 bits per heavy atom. The Hall–Kier alpha value is -2.14. The molecule has 0 unspecified atom stereocenters. The van der Waals surface area contributed by atoms with Crippen LogP contribution in [0, 0.1) is 13.8 Å². The lowest BCUT2D eigenvalue weighted by Crippen LogP contribution is -2.11. The summed E-state index contributed by atoms with van der Waals surface area (Å²) in [6.07, 6.45) is 1.78. The van der Waals surface area contributed by atoms with Gasteiger partial charge in [-0.1, -0.05) is 29.5 Å². The van der Waals surface area contributed by atoms with Gasteiger partial charge in [-0.25, -0.2) is 4.68 Å². The first-order valence-electron chi connectivity index (χ1n) is 6.58. The van der Waals surface area contributed by atoms with E-state index in [1.807, 2.05) is 32.0 Å². The first-order valence-corrected chi connectivity index (χ1v) is 6.58. The monoisotopic (exact) mass is 272 g/mol. The molecule has 5 nitrogen and oxygen atoms in total. The molecule has 5 heteroatoms. The average molecular weight is 272 g/mol. The number of nitrogens with zero attached hydrogens (tertiary/aromatic N) is 3. The van der Waals surface area contributed by atoms with Crippen LogP contribution < -0.4 is 10.5 Å². The fraction of sp³-hybridized carbons (Fsp3) is 0.333. The van der Waals surface area contributed by atoms with Crippen LogP contribution in [0.25, 0.3) is 0 Å². The summed E-state index contributed by atoms with van der Waals surface area (Å²) < 4.78 is 7.72. The van der Waals surface area contributed by atoms with Gasteiger partial charge in [0.15, 0.2) is 0 Å². The molecular formula is C15H20N4O. The zero-order chi connectivity index (χ0) is 14.5. The van der Waals surface area contributed by atoms with E-state index in [0.29, 0.717) is 19.7 Å². The maximum Gasteiger partial charge on any atom is 0.132 e. The number of hydrogen-bond donors (Lipinski definition) is 1. The van der Waals surface area contributed by atoms with Crippen molar-refractivity contribution in [2.75, 3.05) is 0 Å². The molecular weight excluding hydrogens is 252 g/mol. The minimum atomic E-state index is 0.350. The highest BCUT2D eigenvalue weighted by Gasteiger charge is 2.13. The minimum absolute atomic E-state index is 0.350. The molecule has 1 aromatic heterocycles. The molecule has 0 spiro atoms. The largest absolute Gasteiger partial charge is 0.487 e. The van der Waals surface area contributed by atoms with Gasteiger partial charge < -0.3 is 10.5 Å². The van der Waals surface area contributed by atoms with Gasteiger partial charge in [-0.05, 0) is 25.0 Å². The second-order valence-corrected chi connectivity index (χ2v) is 4.67. The molecule has 0 saturated heterocycles. The molecule has 0 aliphatic carbocycles. The van der Waals surface area contributed by atoms with E-state index in [1.54, 1.807) is 10.8 Å². The van der Waals surface area contributed by atoms with Crippen LogP contribution in [0.15, 0.2) is 30.9 Å². The molecule has 106 valence electrons. The van der Waals surface area contributed by atoms with E-state index in [4.69, 9.17) is 10.5 Å². The lowest BCUT2D eigenvalue weighted by Gasteiger charge is -2.13. The van der Waals surface area contributed by atoms with Gasteiger partial charge in [-0.15, -0.1) is 11.7 Å². The molecule has 0 amide bonds. The summed E-state index contributed by atoms with van der Waals surface area (Å²) in [6.45, 7) is 9.13. The standard InChI is InChI=1S/C15H20N4O/c1-4-8-19-14(13(9-16)17-18-19)10-20-15-11(2)6-5-7-12(15)3/h4-7H,1,8-10,16H2,2-3H3. The summed E-state index contributed by atoms with van der Waals surface area (Å²) in [4.78, 5) is 0. The molecule has 20 heavy (non-hydrogen) atoms. The highest BCUT2D eigenvalue weighted by molar-refractivity contribution is 5.39. The normalized spacial score (nSPS) is 10.6. The fourth-order valence-corrected chi connectivity index (χ4v) is 2.12. The van der Waals surface area contributed by atoms with Crippen LogP contribution in [0.2, 0.25) is 0 Å². The summed E-state index contributed by atoms with van der Waals surface area (Å²) in [7, 11) is 0. The molecule has 1 heterocycles. The van der Waals surface area contributed by atoms with Crippen molar-refractivity contribution in [3.05, 3.63) is 53.4 Å². The van der Waals surface area contributed by atoms with Crippen molar-refractivity contribution < 1.29 is 4.74 Å². The molecule has 0 aliphatic heterocycles. The Morgan fingerprint density at radius 2 is 2.05 bits per heavy atom. The third kappa shape index (κ3) is 2.88. The third-order valence-electron chi connectivity index (χ3n) is 3.18. The molecule has 1 aromatic carbocycles. The number of aryl methyl sites for hydroxylation is 2. The molecule has 0 atom stereocenters. The Morgan fingerprint density at radius 1 is 1.35 bits per heavy atom. The van der Waals surface area contributed by atoms with E-state index in [9.17, 15) is 0 Å². The second-order valence-electron chi connectivity index (χ2n) is 4.67. The fourth-order valence-electron chi connectivity index (χ4n) is 2.12. The van der Waals surface area contributed by atoms with Gasteiger partial charge in [-0.3, -0.25) is 0 Å². The van der Waals surface area contributed by atoms with E-state index in [2.05, 4.69) is 16.9 Å². The predicted octanol–water partition coefficient (Wildman–Crippen LogP) is 2.12. The van der Waals surface area contributed by atoms with Gasteiger partial charge in [0.2, 0.25) is 0 Å². The molecule has 0 bridgehead atoms. The van der Waals surface area contributed by atoms with Crippen LogP contribution in [0.5, 0.6) is 5.75 Å². The molecule has 0 saturated carbocycles. The number of ether oxygens (including phenoxy) is 1. The van der Waals surface area contributed by atoms with Crippen LogP contribution in [0.1, 0.15) is 22.5 Å². The lowest BCUT2D eigenvalue weighted by molar-refractivity contribution is 0.288. The molecule has 2 aromatic rings. The zero-order valence-corrected chi connectivity index (χ0v) is 12.0. The maximum absolute atomic E-state index is 5.95. The van der Waals surface area contributed by atoms with E-state index >= 15 is 0 Å². The number of rotatable bonds is 6. The highest BCUT2D eigenvalue weighted by Crippen LogP contribution is 2.23. The summed E-state index contributed by atoms with van der Waals surface area (Å²) >= 11 is 0. The van der Waals surface area contributed by atoms with Crippen molar-refractivity contribution in [3.63, 3.8) is 0 Å². The number of para-hydroxylation sites is 1. The van der Waals surface area contributed by atoms with Crippen molar-refractivity contribution in [1.82, 2.24) is 15.0 Å². The van der Waals surface area contributed by atoms with E-state index in [0.717, 1.165) is 28.3 Å². The third-order valence-corrected chi connectivity index (χ3v) is 3.18. The second kappa shape index (κ2) is 6.34. The quantitative estimate of drug-likeness (QED) is 0.818. The Balaban J connectivity index is 2.22. The van der Waals surface area contributed by atoms with Crippen LogP contribution >= 0.6 is 0 Å². The SMILES string of the molecule is C=CCn1nnc(CN)c1COc1c(C)cccc1C. The molecule has 2 rings (SSSR count). The zero-order valence-electron chi connectivity index (χ0n) is 12.0. The van der Waals surface area contributed by atoms with Gasteiger partial charge in [0, 0.05) is 6.54 Å². The molecule has 0 aliphatic rings. The van der Waals surface area contributed by atoms with Gasteiger partial charge >= 0.3 is 0 Å². The minimum Gasteiger partial charge on any atom is -0.487 e. The van der Waals surface area contributed by atoms with Gasteiger partial charge in [0.25, 0.3) is 0 Å². The average Bonchev–Trinajstić information content (AvgIpc) is 2.81. The van der Waals surface area contributed by atoms with E-state index in [-0.39, 0.29) is 0 Å². The van der Waals surface area contributed by atoms with Crippen molar-refractivity contribution >= 4 is 0 Å². The molecule has 2 N–H and O–H groups in total. The summed E-state index contributed by atoms with van der Waals surface area (Å²) in [5.41, 5.74) is 9.58. The smallest absolute Gasteiger partial charge is 0.132 e. The van der Waals surface area contributed by atoms with Crippen molar-refractivity contribution in [2.24, 2.45) is 5.73 Å². The predicted molar refractivity (Wildman–Crippen MR) is 78.4 cm³/mol. The Bertz CT molecular complexity index is 584. The molecule has 0 radical (unpaired) electrons. The van der Waals surface area contributed by atoms with Crippen molar-refractivity contribution in [1.29, 1.82) is 0 Å². The first-order chi connectivity index (χ1) is 9.67. The maximum atomic E-state index is 5.95. The Kier molecular flexibility index (Phi) is 4.53. The number of allylic oxidation sites excluding steroid dienone is 1. The van der Waals surface area contributed by atoms with Gasteiger partial charge in [0.05, 0.1) is 6.54 Å². The van der Waals surface area contributed by atoms with Gasteiger partial charge in [0.1, 0.15) is 23.7 Å². The number of hydrogen-bond acceptors (Lipinski definition) is 4. The molecule has 0 fully saturated rings. The topological polar surface area (TPSA) is 66.0 Å². The van der Waals surface area contributed by atoms with Crippen LogP contribution in [0.3, 0.4) is 0 Å². The number of aromatic nitrogens is 3. The van der Waals surface area contributed by atoms with Crippen LogP contribution in [0.4, 0.5) is 0 Å². The summed E-state index contributed by atoms with van der Waals surface area (Å²) in [5, 5.41) is 8.14. The first kappa shape index (κ1) is 14.3. The summed E-state index contributed by atoms with van der Waals surface area (Å²) in [6, 6.07) is 6.09. The van der Waals surface area contributed by atoms with Gasteiger partial charge in [-0.2, -0.15) is 0 Å². The van der Waals surface area contributed by atoms with E-state index < -0.39 is 0 Å². The highest BCUT2D eigenvalue weighted by atomic mass is 16.5. The van der Waals surface area contributed by atoms with Crippen molar-refractivity contribution in [3.8, 4) is 5.75 Å².